The molecule has 0 spiro atoms. The van der Waals surface area contributed by atoms with E-state index >= 15 is 0 Å². The predicted molar refractivity (Wildman–Crippen MR) is 165 cm³/mol. The third kappa shape index (κ3) is 26.1. The molecule has 3 N–H and O–H groups in total. The molecule has 8 nitrogen and oxygen atoms in total. The molecule has 0 unspecified atom stereocenters. The lowest BCUT2D eigenvalue weighted by Gasteiger charge is -2.13. The van der Waals surface area contributed by atoms with Crippen LogP contribution in [0, 0.1) is 0 Å². The standard InChI is InChI=1S/C33H48N2O6/c1-3-5-6-7-8-9-10-11-12-13-14-15-16-17-18-19-20-21-22-25-30(36)34-28-23-24-29(33(39)40)35-31(37)26-27-32(38)41-4-2/h5-6,8-9,11-12,14-15,17-18,20-21,26-27,29H,3-4,7,10,13,16,19,22-25,28H2,1-2H3,(H,34,36)(H,35,37)(H,39,40)/t29-/m0/s1. The van der Waals surface area contributed by atoms with Gasteiger partial charge in [-0.3, -0.25) is 9.59 Å². The number of ether oxygens (including phenoxy) is 1. The van der Waals surface area contributed by atoms with Crippen molar-refractivity contribution in [2.75, 3.05) is 13.2 Å². The van der Waals surface area contributed by atoms with Gasteiger partial charge < -0.3 is 20.5 Å². The van der Waals surface area contributed by atoms with Gasteiger partial charge in [-0.25, -0.2) is 9.59 Å². The van der Waals surface area contributed by atoms with Crippen molar-refractivity contribution in [3.63, 3.8) is 0 Å². The number of carboxylic acids is 1. The number of allylic oxidation sites excluding steroid dienone is 12. The lowest BCUT2D eigenvalue weighted by atomic mass is 10.1. The van der Waals surface area contributed by atoms with Gasteiger partial charge in [0, 0.05) is 25.1 Å². The first kappa shape index (κ1) is 37.1. The minimum absolute atomic E-state index is 0.113. The SMILES string of the molecule is CCC=CCC=CCC=CCC=CCC=CCC=CCCC(=O)NCCC[C@H](NC(=O)C=CC(=O)OCC)C(=O)O. The van der Waals surface area contributed by atoms with Gasteiger partial charge in [-0.15, -0.1) is 0 Å². The number of carbonyl (C=O) groups is 4. The van der Waals surface area contributed by atoms with Gasteiger partial charge in [-0.05, 0) is 64.7 Å². The van der Waals surface area contributed by atoms with Crippen LogP contribution in [0.5, 0.6) is 0 Å². The van der Waals surface area contributed by atoms with E-state index in [2.05, 4.69) is 83.1 Å². The van der Waals surface area contributed by atoms with Crippen LogP contribution in [0.25, 0.3) is 0 Å². The zero-order chi connectivity index (χ0) is 30.4. The number of hydrogen-bond donors (Lipinski definition) is 3. The summed E-state index contributed by atoms with van der Waals surface area (Å²) < 4.78 is 4.66. The second kappa shape index (κ2) is 27.6. The molecule has 0 aliphatic heterocycles. The van der Waals surface area contributed by atoms with Crippen molar-refractivity contribution in [1.29, 1.82) is 0 Å². The summed E-state index contributed by atoms with van der Waals surface area (Å²) in [5.41, 5.74) is 0. The third-order valence-electron chi connectivity index (χ3n) is 5.40. The zero-order valence-corrected chi connectivity index (χ0v) is 24.6. The van der Waals surface area contributed by atoms with E-state index in [0.29, 0.717) is 25.8 Å². The van der Waals surface area contributed by atoms with Gasteiger partial charge in [0.2, 0.25) is 11.8 Å². The van der Waals surface area contributed by atoms with Crippen molar-refractivity contribution in [2.24, 2.45) is 0 Å². The second-order valence-corrected chi connectivity index (χ2v) is 8.93. The van der Waals surface area contributed by atoms with Crippen LogP contribution in [0.4, 0.5) is 0 Å². The number of aliphatic carboxylic acids is 1. The number of esters is 1. The third-order valence-corrected chi connectivity index (χ3v) is 5.40. The average molecular weight is 569 g/mol. The van der Waals surface area contributed by atoms with Gasteiger partial charge in [0.15, 0.2) is 0 Å². The Morgan fingerprint density at radius 1 is 0.732 bits per heavy atom. The van der Waals surface area contributed by atoms with E-state index in [1.165, 1.54) is 0 Å². The van der Waals surface area contributed by atoms with Gasteiger partial charge in [0.05, 0.1) is 6.61 Å². The summed E-state index contributed by atoms with van der Waals surface area (Å²) in [5.74, 6) is -2.68. The Balaban J connectivity index is 3.91. The van der Waals surface area contributed by atoms with Crippen LogP contribution in [0.1, 0.15) is 78.1 Å². The van der Waals surface area contributed by atoms with Crippen LogP contribution >= 0.6 is 0 Å². The lowest BCUT2D eigenvalue weighted by Crippen LogP contribution is -2.40. The maximum Gasteiger partial charge on any atom is 0.330 e. The van der Waals surface area contributed by atoms with Gasteiger partial charge in [-0.1, -0.05) is 79.8 Å². The molecule has 0 bridgehead atoms. The summed E-state index contributed by atoms with van der Waals surface area (Å²) in [5, 5.41) is 14.4. The molecular formula is C33H48N2O6. The van der Waals surface area contributed by atoms with Crippen molar-refractivity contribution in [3.05, 3.63) is 85.1 Å². The largest absolute Gasteiger partial charge is 0.480 e. The van der Waals surface area contributed by atoms with Crippen molar-refractivity contribution in [3.8, 4) is 0 Å². The molecule has 2 amide bonds. The minimum atomic E-state index is -1.19. The molecule has 0 aromatic rings. The maximum atomic E-state index is 12.0. The van der Waals surface area contributed by atoms with Gasteiger partial charge in [-0.2, -0.15) is 0 Å². The topological polar surface area (TPSA) is 122 Å². The Labute approximate surface area is 245 Å². The van der Waals surface area contributed by atoms with Gasteiger partial charge >= 0.3 is 11.9 Å². The molecular weight excluding hydrogens is 520 g/mol. The van der Waals surface area contributed by atoms with E-state index in [-0.39, 0.29) is 18.9 Å². The lowest BCUT2D eigenvalue weighted by molar-refractivity contribution is -0.141. The first-order chi connectivity index (χ1) is 19.9. The van der Waals surface area contributed by atoms with Crippen LogP contribution in [0.15, 0.2) is 85.1 Å². The van der Waals surface area contributed by atoms with E-state index in [4.69, 9.17) is 0 Å². The average Bonchev–Trinajstić information content (AvgIpc) is 2.94. The van der Waals surface area contributed by atoms with Crippen molar-refractivity contribution in [2.45, 2.75) is 84.1 Å². The Morgan fingerprint density at radius 3 is 1.73 bits per heavy atom. The van der Waals surface area contributed by atoms with Crippen LogP contribution in [-0.2, 0) is 23.9 Å². The van der Waals surface area contributed by atoms with Crippen molar-refractivity contribution in [1.82, 2.24) is 10.6 Å². The highest BCUT2D eigenvalue weighted by Gasteiger charge is 2.18. The first-order valence-electron chi connectivity index (χ1n) is 14.4. The number of amides is 2. The molecule has 226 valence electrons. The first-order valence-corrected chi connectivity index (χ1v) is 14.4. The fourth-order valence-corrected chi connectivity index (χ4v) is 3.29. The summed E-state index contributed by atoms with van der Waals surface area (Å²) in [4.78, 5) is 46.4. The molecule has 0 saturated carbocycles. The van der Waals surface area contributed by atoms with E-state index in [1.807, 2.05) is 12.2 Å². The molecule has 41 heavy (non-hydrogen) atoms. The predicted octanol–water partition coefficient (Wildman–Crippen LogP) is 6.05. The molecule has 0 aromatic heterocycles. The zero-order valence-electron chi connectivity index (χ0n) is 24.6. The quantitative estimate of drug-likeness (QED) is 0.0597. The number of carbonyl (C=O) groups excluding carboxylic acids is 3. The molecule has 0 aromatic carbocycles. The molecule has 0 radical (unpaired) electrons. The Bertz CT molecular complexity index is 957. The summed E-state index contributed by atoms with van der Waals surface area (Å²) in [7, 11) is 0. The Kier molecular flexibility index (Phi) is 25.0. The molecule has 0 fully saturated rings. The minimum Gasteiger partial charge on any atom is -0.480 e. The second-order valence-electron chi connectivity index (χ2n) is 8.93. The normalized spacial score (nSPS) is 13.0. The van der Waals surface area contributed by atoms with Crippen LogP contribution in [-0.4, -0.2) is 48.1 Å². The number of hydrogen-bond acceptors (Lipinski definition) is 5. The summed E-state index contributed by atoms with van der Waals surface area (Å²) in [6.45, 7) is 4.25. The fourth-order valence-electron chi connectivity index (χ4n) is 3.29. The monoisotopic (exact) mass is 568 g/mol. The maximum absolute atomic E-state index is 12.0. The smallest absolute Gasteiger partial charge is 0.330 e. The van der Waals surface area contributed by atoms with Gasteiger partial charge in [0.25, 0.3) is 0 Å². The highest BCUT2D eigenvalue weighted by Crippen LogP contribution is 2.00. The Hall–Kier alpha value is -3.94. The molecule has 0 heterocycles. The molecule has 8 heteroatoms. The molecule has 0 aliphatic carbocycles. The summed E-state index contributed by atoms with van der Waals surface area (Å²) >= 11 is 0. The van der Waals surface area contributed by atoms with Crippen molar-refractivity contribution < 1.29 is 29.0 Å². The van der Waals surface area contributed by atoms with E-state index < -0.39 is 23.9 Å². The van der Waals surface area contributed by atoms with Crippen molar-refractivity contribution >= 4 is 23.8 Å². The summed E-state index contributed by atoms with van der Waals surface area (Å²) in [6.07, 6.45) is 34.7. The van der Waals surface area contributed by atoms with E-state index in [0.717, 1.165) is 50.7 Å². The molecule has 0 aliphatic rings. The highest BCUT2D eigenvalue weighted by atomic mass is 16.5. The molecule has 1 atom stereocenters. The number of carboxylic acid groups (broad SMARTS) is 1. The molecule has 0 saturated heterocycles. The van der Waals surface area contributed by atoms with E-state index in [1.54, 1.807) is 6.92 Å². The highest BCUT2D eigenvalue weighted by molar-refractivity contribution is 5.96. The summed E-state index contributed by atoms with van der Waals surface area (Å²) in [6, 6.07) is -1.12. The number of rotatable bonds is 23. The van der Waals surface area contributed by atoms with E-state index in [9.17, 15) is 24.3 Å². The Morgan fingerprint density at radius 2 is 1.24 bits per heavy atom. The fraction of sp³-hybridized carbons (Fsp3) is 0.455. The molecule has 0 rings (SSSR count). The van der Waals surface area contributed by atoms with Gasteiger partial charge in [0.1, 0.15) is 6.04 Å². The van der Waals surface area contributed by atoms with Crippen LogP contribution in [0.2, 0.25) is 0 Å². The van der Waals surface area contributed by atoms with Crippen LogP contribution in [0.3, 0.4) is 0 Å². The number of nitrogens with one attached hydrogen (secondary N) is 2. The van der Waals surface area contributed by atoms with Crippen LogP contribution < -0.4 is 10.6 Å².